The van der Waals surface area contributed by atoms with E-state index in [1.165, 1.54) is 0 Å². The number of ether oxygens (including phenoxy) is 2. The minimum Gasteiger partial charge on any atom is -0.491 e. The molecule has 21 heavy (non-hydrogen) atoms. The van der Waals surface area contributed by atoms with E-state index >= 15 is 0 Å². The molecule has 1 heterocycles. The molecule has 1 fully saturated rings. The molecule has 2 rings (SSSR count). The van der Waals surface area contributed by atoms with E-state index in [0.29, 0.717) is 11.6 Å². The smallest absolute Gasteiger partial charge is 0.119 e. The van der Waals surface area contributed by atoms with Gasteiger partial charge in [0.05, 0.1) is 0 Å². The third-order valence-corrected chi connectivity index (χ3v) is 4.14. The van der Waals surface area contributed by atoms with Gasteiger partial charge in [0.1, 0.15) is 18.5 Å². The summed E-state index contributed by atoms with van der Waals surface area (Å²) in [6.07, 6.45) is 1.61. The molecule has 0 aliphatic carbocycles. The highest BCUT2D eigenvalue weighted by Crippen LogP contribution is 2.28. The van der Waals surface area contributed by atoms with E-state index in [0.717, 1.165) is 38.3 Å². The molecule has 0 bridgehead atoms. The fourth-order valence-corrected chi connectivity index (χ4v) is 2.49. The Bertz CT molecular complexity index is 418. The number of rotatable bonds is 7. The van der Waals surface area contributed by atoms with Crippen molar-refractivity contribution in [2.45, 2.75) is 25.9 Å². The topological polar surface area (TPSA) is 50.7 Å². The fourth-order valence-electron chi connectivity index (χ4n) is 2.36. The summed E-state index contributed by atoms with van der Waals surface area (Å²) >= 11 is 5.81. The lowest BCUT2D eigenvalue weighted by molar-refractivity contribution is 0.0217. The highest BCUT2D eigenvalue weighted by Gasteiger charge is 2.26. The lowest BCUT2D eigenvalue weighted by Gasteiger charge is -2.34. The molecule has 0 amide bonds. The Balaban J connectivity index is 1.63. The van der Waals surface area contributed by atoms with Crippen LogP contribution in [0.2, 0.25) is 5.02 Å². The summed E-state index contributed by atoms with van der Waals surface area (Å²) < 4.78 is 10.9. The third-order valence-electron chi connectivity index (χ3n) is 3.89. The van der Waals surface area contributed by atoms with Crippen LogP contribution in [0.3, 0.4) is 0 Å². The van der Waals surface area contributed by atoms with Crippen LogP contribution in [-0.2, 0) is 4.74 Å². The molecular formula is C16H24ClNO3. The van der Waals surface area contributed by atoms with Gasteiger partial charge in [-0.3, -0.25) is 0 Å². The SMILES string of the molecule is CC1(CNCC(O)COc2ccc(Cl)cc2)CCOCC1. The van der Waals surface area contributed by atoms with Crippen molar-refractivity contribution in [3.8, 4) is 5.75 Å². The van der Waals surface area contributed by atoms with Gasteiger partial charge in [-0.15, -0.1) is 0 Å². The second-order valence-electron chi connectivity index (χ2n) is 5.97. The second kappa shape index (κ2) is 7.99. The molecule has 1 aliphatic rings. The van der Waals surface area contributed by atoms with Gasteiger partial charge in [-0.05, 0) is 42.5 Å². The molecule has 0 saturated carbocycles. The number of hydrogen-bond acceptors (Lipinski definition) is 4. The monoisotopic (exact) mass is 313 g/mol. The number of benzene rings is 1. The van der Waals surface area contributed by atoms with Crippen molar-refractivity contribution in [2.24, 2.45) is 5.41 Å². The minimum absolute atomic E-state index is 0.272. The fraction of sp³-hybridized carbons (Fsp3) is 0.625. The Labute approximate surface area is 131 Å². The maximum Gasteiger partial charge on any atom is 0.119 e. The van der Waals surface area contributed by atoms with Crippen LogP contribution < -0.4 is 10.1 Å². The maximum absolute atomic E-state index is 9.94. The first-order valence-corrected chi connectivity index (χ1v) is 7.80. The first kappa shape index (κ1) is 16.6. The minimum atomic E-state index is -0.524. The van der Waals surface area contributed by atoms with Crippen molar-refractivity contribution in [1.82, 2.24) is 5.32 Å². The van der Waals surface area contributed by atoms with Crippen molar-refractivity contribution < 1.29 is 14.6 Å². The number of aliphatic hydroxyl groups is 1. The molecule has 1 aromatic rings. The summed E-state index contributed by atoms with van der Waals surface area (Å²) in [5.74, 6) is 0.717. The van der Waals surface area contributed by atoms with Crippen LogP contribution in [0.1, 0.15) is 19.8 Å². The molecule has 1 aromatic carbocycles. The third kappa shape index (κ3) is 5.83. The molecule has 0 aromatic heterocycles. The Morgan fingerprint density at radius 2 is 2.00 bits per heavy atom. The molecule has 1 aliphatic heterocycles. The van der Waals surface area contributed by atoms with Crippen LogP contribution >= 0.6 is 11.6 Å². The van der Waals surface area contributed by atoms with Crippen molar-refractivity contribution in [2.75, 3.05) is 32.9 Å². The largest absolute Gasteiger partial charge is 0.491 e. The predicted molar refractivity (Wildman–Crippen MR) is 84.0 cm³/mol. The van der Waals surface area contributed by atoms with E-state index in [2.05, 4.69) is 12.2 Å². The van der Waals surface area contributed by atoms with Crippen molar-refractivity contribution in [3.63, 3.8) is 0 Å². The summed E-state index contributed by atoms with van der Waals surface area (Å²) in [7, 11) is 0. The summed E-state index contributed by atoms with van der Waals surface area (Å²) in [4.78, 5) is 0. The summed E-state index contributed by atoms with van der Waals surface area (Å²) in [5.41, 5.74) is 0.273. The van der Waals surface area contributed by atoms with E-state index < -0.39 is 6.10 Å². The average Bonchev–Trinajstić information content (AvgIpc) is 2.47. The van der Waals surface area contributed by atoms with Crippen molar-refractivity contribution in [3.05, 3.63) is 29.3 Å². The molecule has 1 atom stereocenters. The van der Waals surface area contributed by atoms with Crippen LogP contribution in [0.4, 0.5) is 0 Å². The maximum atomic E-state index is 9.94. The van der Waals surface area contributed by atoms with Crippen LogP contribution in [-0.4, -0.2) is 44.1 Å². The van der Waals surface area contributed by atoms with E-state index in [4.69, 9.17) is 21.1 Å². The molecule has 0 spiro atoms. The molecule has 118 valence electrons. The first-order chi connectivity index (χ1) is 10.1. The predicted octanol–water partition coefficient (Wildman–Crippen LogP) is 2.49. The molecule has 0 radical (unpaired) electrons. The molecule has 1 saturated heterocycles. The van der Waals surface area contributed by atoms with E-state index in [1.807, 2.05) is 0 Å². The van der Waals surface area contributed by atoms with Crippen LogP contribution in [0.15, 0.2) is 24.3 Å². The summed E-state index contributed by atoms with van der Waals surface area (Å²) in [6, 6.07) is 7.14. The van der Waals surface area contributed by atoms with Gasteiger partial charge >= 0.3 is 0 Å². The molecule has 2 N–H and O–H groups in total. The average molecular weight is 314 g/mol. The molecule has 1 unspecified atom stereocenters. The zero-order valence-electron chi connectivity index (χ0n) is 12.5. The Hall–Kier alpha value is -0.810. The molecule has 4 nitrogen and oxygen atoms in total. The van der Waals surface area contributed by atoms with Gasteiger partial charge in [0, 0.05) is 31.3 Å². The van der Waals surface area contributed by atoms with Crippen molar-refractivity contribution in [1.29, 1.82) is 0 Å². The summed E-state index contributed by atoms with van der Waals surface area (Å²) in [5, 5.41) is 13.9. The standard InChI is InChI=1S/C16H24ClNO3/c1-16(6-8-20-9-7-16)12-18-10-14(19)11-21-15-4-2-13(17)3-5-15/h2-5,14,18-19H,6-12H2,1H3. The van der Waals surface area contributed by atoms with Crippen LogP contribution in [0.25, 0.3) is 0 Å². The number of hydrogen-bond donors (Lipinski definition) is 2. The first-order valence-electron chi connectivity index (χ1n) is 7.42. The van der Waals surface area contributed by atoms with Gasteiger partial charge in [-0.1, -0.05) is 18.5 Å². The Morgan fingerprint density at radius 3 is 2.67 bits per heavy atom. The zero-order chi connectivity index (χ0) is 15.1. The van der Waals surface area contributed by atoms with E-state index in [1.54, 1.807) is 24.3 Å². The van der Waals surface area contributed by atoms with E-state index in [9.17, 15) is 5.11 Å². The van der Waals surface area contributed by atoms with Crippen LogP contribution in [0, 0.1) is 5.41 Å². The highest BCUT2D eigenvalue weighted by atomic mass is 35.5. The summed E-state index contributed by atoms with van der Waals surface area (Å²) in [6.45, 7) is 5.63. The lowest BCUT2D eigenvalue weighted by Crippen LogP contribution is -2.40. The van der Waals surface area contributed by atoms with E-state index in [-0.39, 0.29) is 12.0 Å². The van der Waals surface area contributed by atoms with Crippen LogP contribution in [0.5, 0.6) is 5.75 Å². The number of halogens is 1. The highest BCUT2D eigenvalue weighted by molar-refractivity contribution is 6.30. The lowest BCUT2D eigenvalue weighted by atomic mass is 9.82. The van der Waals surface area contributed by atoms with Gasteiger partial charge in [-0.2, -0.15) is 0 Å². The van der Waals surface area contributed by atoms with Gasteiger partial charge in [0.2, 0.25) is 0 Å². The number of nitrogens with one attached hydrogen (secondary N) is 1. The van der Waals surface area contributed by atoms with Crippen molar-refractivity contribution >= 4 is 11.6 Å². The van der Waals surface area contributed by atoms with Gasteiger partial charge in [0.25, 0.3) is 0 Å². The Kier molecular flexibility index (Phi) is 6.30. The quantitative estimate of drug-likeness (QED) is 0.812. The van der Waals surface area contributed by atoms with Gasteiger partial charge < -0.3 is 19.9 Å². The molecule has 5 heteroatoms. The zero-order valence-corrected chi connectivity index (χ0v) is 13.2. The number of aliphatic hydroxyl groups excluding tert-OH is 1. The van der Waals surface area contributed by atoms with Gasteiger partial charge in [-0.25, -0.2) is 0 Å². The Morgan fingerprint density at radius 1 is 1.33 bits per heavy atom. The normalized spacial score (nSPS) is 19.2. The molecular weight excluding hydrogens is 290 g/mol. The second-order valence-corrected chi connectivity index (χ2v) is 6.41. The van der Waals surface area contributed by atoms with Gasteiger partial charge in [0.15, 0.2) is 0 Å².